The second-order valence-electron chi connectivity index (χ2n) is 8.09. The van der Waals surface area contributed by atoms with Crippen LogP contribution in [0.3, 0.4) is 0 Å². The maximum absolute atomic E-state index is 10.9. The van der Waals surface area contributed by atoms with Crippen LogP contribution in [0.2, 0.25) is 0 Å². The van der Waals surface area contributed by atoms with Gasteiger partial charge in [0.25, 0.3) is 0 Å². The average Bonchev–Trinajstić information content (AvgIpc) is 2.56. The predicted octanol–water partition coefficient (Wildman–Crippen LogP) is 6.21. The molecule has 26 heavy (non-hydrogen) atoms. The minimum atomic E-state index is -0.0394. The van der Waals surface area contributed by atoms with Crippen LogP contribution < -0.4 is 0 Å². The Hall–Kier alpha value is -2.22. The van der Waals surface area contributed by atoms with E-state index in [1.165, 1.54) is 5.57 Å². The van der Waals surface area contributed by atoms with Gasteiger partial charge in [0.2, 0.25) is 0 Å². The molecule has 1 aliphatic rings. The minimum Gasteiger partial charge on any atom is -0.507 e. The van der Waals surface area contributed by atoms with Gasteiger partial charge in [0.05, 0.1) is 0 Å². The van der Waals surface area contributed by atoms with Crippen LogP contribution in [0.4, 0.5) is 0 Å². The van der Waals surface area contributed by atoms with E-state index in [-0.39, 0.29) is 11.8 Å². The first kappa shape index (κ1) is 18.6. The number of phenolic OH excluding ortho intramolecular Hbond substituents is 2. The molecule has 2 heteroatoms. The molecule has 2 nitrogen and oxygen atoms in total. The lowest BCUT2D eigenvalue weighted by molar-refractivity contribution is 0.416. The highest BCUT2D eigenvalue weighted by molar-refractivity contribution is 5.54. The van der Waals surface area contributed by atoms with Gasteiger partial charge in [0, 0.05) is 17.0 Å². The number of hydrogen-bond donors (Lipinski definition) is 2. The lowest BCUT2D eigenvalue weighted by atomic mass is 9.73. The second-order valence-corrected chi connectivity index (χ2v) is 8.09. The average molecular weight is 351 g/mol. The summed E-state index contributed by atoms with van der Waals surface area (Å²) in [5, 5.41) is 21.8. The van der Waals surface area contributed by atoms with Crippen molar-refractivity contribution in [1.82, 2.24) is 0 Å². The number of aryl methyl sites for hydroxylation is 4. The second kappa shape index (κ2) is 7.19. The molecule has 138 valence electrons. The summed E-state index contributed by atoms with van der Waals surface area (Å²) in [6.07, 6.45) is 5.71. The van der Waals surface area contributed by atoms with Crippen LogP contribution in [0.1, 0.15) is 65.5 Å². The van der Waals surface area contributed by atoms with Gasteiger partial charge in [-0.1, -0.05) is 47.0 Å². The molecule has 0 amide bonds. The molecule has 2 aromatic carbocycles. The summed E-state index contributed by atoms with van der Waals surface area (Å²) in [5.74, 6) is 0.956. The van der Waals surface area contributed by atoms with Crippen molar-refractivity contribution in [2.45, 2.75) is 59.8 Å². The van der Waals surface area contributed by atoms with E-state index >= 15 is 0 Å². The molecule has 0 aliphatic heterocycles. The Bertz CT molecular complexity index is 803. The zero-order chi connectivity index (χ0) is 19.0. The minimum absolute atomic E-state index is 0.0394. The molecule has 1 aliphatic carbocycles. The Balaban J connectivity index is 2.27. The van der Waals surface area contributed by atoms with Crippen LogP contribution in [0.25, 0.3) is 0 Å². The smallest absolute Gasteiger partial charge is 0.122 e. The molecule has 1 atom stereocenters. The van der Waals surface area contributed by atoms with Gasteiger partial charge in [-0.15, -0.1) is 0 Å². The maximum atomic E-state index is 10.9. The third-order valence-corrected chi connectivity index (χ3v) is 5.65. The fourth-order valence-electron chi connectivity index (χ4n) is 4.50. The first-order valence-electron chi connectivity index (χ1n) is 9.55. The monoisotopic (exact) mass is 350 g/mol. The molecule has 2 N–H and O–H groups in total. The number of phenols is 2. The molecule has 0 saturated heterocycles. The van der Waals surface area contributed by atoms with Gasteiger partial charge in [-0.3, -0.25) is 0 Å². The van der Waals surface area contributed by atoms with Crippen LogP contribution in [-0.4, -0.2) is 10.2 Å². The molecule has 0 heterocycles. The Morgan fingerprint density at radius 2 is 1.31 bits per heavy atom. The normalized spacial score (nSPS) is 17.5. The zero-order valence-corrected chi connectivity index (χ0v) is 16.6. The Morgan fingerprint density at radius 1 is 0.808 bits per heavy atom. The van der Waals surface area contributed by atoms with Crippen molar-refractivity contribution < 1.29 is 10.2 Å². The summed E-state index contributed by atoms with van der Waals surface area (Å²) in [6.45, 7) is 10.2. The van der Waals surface area contributed by atoms with Crippen molar-refractivity contribution in [3.63, 3.8) is 0 Å². The lowest BCUT2D eigenvalue weighted by Gasteiger charge is -2.31. The van der Waals surface area contributed by atoms with Crippen LogP contribution in [0.5, 0.6) is 11.5 Å². The van der Waals surface area contributed by atoms with Crippen molar-refractivity contribution in [2.75, 3.05) is 0 Å². The Morgan fingerprint density at radius 3 is 1.77 bits per heavy atom. The summed E-state index contributed by atoms with van der Waals surface area (Å²) in [7, 11) is 0. The molecular weight excluding hydrogens is 320 g/mol. The molecule has 0 radical (unpaired) electrons. The molecule has 0 spiro atoms. The summed E-state index contributed by atoms with van der Waals surface area (Å²) < 4.78 is 0. The summed E-state index contributed by atoms with van der Waals surface area (Å²) in [5.41, 5.74) is 7.33. The van der Waals surface area contributed by atoms with E-state index in [4.69, 9.17) is 0 Å². The molecule has 2 aromatic rings. The van der Waals surface area contributed by atoms with Crippen molar-refractivity contribution in [3.8, 4) is 11.5 Å². The van der Waals surface area contributed by atoms with E-state index in [1.807, 2.05) is 26.0 Å². The molecule has 0 fully saturated rings. The van der Waals surface area contributed by atoms with Crippen molar-refractivity contribution in [1.29, 1.82) is 0 Å². The van der Waals surface area contributed by atoms with Crippen LogP contribution in [0, 0.1) is 33.6 Å². The number of hydrogen-bond acceptors (Lipinski definition) is 2. The molecule has 0 saturated carbocycles. The number of rotatable bonds is 3. The van der Waals surface area contributed by atoms with E-state index in [9.17, 15) is 10.2 Å². The van der Waals surface area contributed by atoms with Crippen molar-refractivity contribution >= 4 is 0 Å². The van der Waals surface area contributed by atoms with E-state index < -0.39 is 0 Å². The van der Waals surface area contributed by atoms with Crippen molar-refractivity contribution in [3.05, 3.63) is 69.3 Å². The molecule has 3 rings (SSSR count). The molecule has 0 aromatic heterocycles. The SMILES string of the molecule is CC1=CC(C(c2cc(C)cc(C)c2O)c2cc(C)cc(C)c2O)CCC1. The fraction of sp³-hybridized carbons (Fsp3) is 0.417. The van der Waals surface area contributed by atoms with Crippen LogP contribution >= 0.6 is 0 Å². The highest BCUT2D eigenvalue weighted by atomic mass is 16.3. The summed E-state index contributed by atoms with van der Waals surface area (Å²) in [6, 6.07) is 8.20. The summed E-state index contributed by atoms with van der Waals surface area (Å²) >= 11 is 0. The maximum Gasteiger partial charge on any atom is 0.122 e. The largest absolute Gasteiger partial charge is 0.507 e. The van der Waals surface area contributed by atoms with Gasteiger partial charge in [0.1, 0.15) is 11.5 Å². The topological polar surface area (TPSA) is 40.5 Å². The Labute approximate surface area is 157 Å². The molecular formula is C24H30O2. The van der Waals surface area contributed by atoms with Crippen LogP contribution in [-0.2, 0) is 0 Å². The molecule has 0 bridgehead atoms. The van der Waals surface area contributed by atoms with Gasteiger partial charge < -0.3 is 10.2 Å². The van der Waals surface area contributed by atoms with Gasteiger partial charge >= 0.3 is 0 Å². The predicted molar refractivity (Wildman–Crippen MR) is 108 cm³/mol. The summed E-state index contributed by atoms with van der Waals surface area (Å²) in [4.78, 5) is 0. The van der Waals surface area contributed by atoms with Gasteiger partial charge in [-0.2, -0.15) is 0 Å². The highest BCUT2D eigenvalue weighted by Gasteiger charge is 2.30. The number of benzene rings is 2. The third kappa shape index (κ3) is 3.51. The molecule has 1 unspecified atom stereocenters. The first-order valence-corrected chi connectivity index (χ1v) is 9.55. The lowest BCUT2D eigenvalue weighted by Crippen LogP contribution is -2.17. The Kier molecular flexibility index (Phi) is 5.13. The fourth-order valence-corrected chi connectivity index (χ4v) is 4.50. The van der Waals surface area contributed by atoms with Gasteiger partial charge in [-0.25, -0.2) is 0 Å². The first-order chi connectivity index (χ1) is 12.3. The highest BCUT2D eigenvalue weighted by Crippen LogP contribution is 2.46. The van der Waals surface area contributed by atoms with Gasteiger partial charge in [-0.05, 0) is 70.9 Å². The van der Waals surface area contributed by atoms with E-state index in [1.54, 1.807) is 0 Å². The number of allylic oxidation sites excluding steroid dienone is 2. The standard InChI is InChI=1S/C24H30O2/c1-14-7-6-8-19(11-14)22(20-12-15(2)9-17(4)23(20)25)21-13-16(3)10-18(5)24(21)26/h9-13,19,22,25-26H,6-8H2,1-5H3. The number of aromatic hydroxyl groups is 2. The third-order valence-electron chi connectivity index (χ3n) is 5.65. The van der Waals surface area contributed by atoms with Crippen LogP contribution in [0.15, 0.2) is 35.9 Å². The van der Waals surface area contributed by atoms with E-state index in [0.717, 1.165) is 52.6 Å². The van der Waals surface area contributed by atoms with E-state index in [2.05, 4.69) is 39.0 Å². The quantitative estimate of drug-likeness (QED) is 0.646. The van der Waals surface area contributed by atoms with Gasteiger partial charge in [0.15, 0.2) is 0 Å². The van der Waals surface area contributed by atoms with E-state index in [0.29, 0.717) is 11.5 Å². The van der Waals surface area contributed by atoms with Crippen molar-refractivity contribution in [2.24, 2.45) is 5.92 Å². The zero-order valence-electron chi connectivity index (χ0n) is 16.6.